The molecule has 0 aliphatic heterocycles. The van der Waals surface area contributed by atoms with E-state index in [2.05, 4.69) is 15.6 Å². The lowest BCUT2D eigenvalue weighted by Crippen LogP contribution is -2.41. The Kier molecular flexibility index (Phi) is 10.3. The lowest BCUT2D eigenvalue weighted by atomic mass is 9.93. The van der Waals surface area contributed by atoms with Crippen LogP contribution in [0.4, 0.5) is 0 Å². The van der Waals surface area contributed by atoms with E-state index in [0.29, 0.717) is 13.1 Å². The molecular formula is C17H28ClIN4O. The summed E-state index contributed by atoms with van der Waals surface area (Å²) in [6, 6.07) is 7.76. The van der Waals surface area contributed by atoms with Gasteiger partial charge < -0.3 is 15.5 Å². The first-order valence-corrected chi connectivity index (χ1v) is 8.14. The van der Waals surface area contributed by atoms with Crippen LogP contribution in [0.1, 0.15) is 26.3 Å². The fraction of sp³-hybridized carbons (Fsp3) is 0.529. The molecule has 1 aromatic rings. The maximum absolute atomic E-state index is 11.9. The molecule has 0 bridgehead atoms. The Bertz CT molecular complexity index is 563. The van der Waals surface area contributed by atoms with Crippen LogP contribution < -0.4 is 10.6 Å². The molecule has 0 heterocycles. The van der Waals surface area contributed by atoms with E-state index in [1.807, 2.05) is 57.0 Å². The Morgan fingerprint density at radius 1 is 1.38 bits per heavy atom. The Morgan fingerprint density at radius 3 is 2.58 bits per heavy atom. The second kappa shape index (κ2) is 10.8. The molecule has 0 aliphatic carbocycles. The third kappa shape index (κ3) is 7.25. The van der Waals surface area contributed by atoms with Gasteiger partial charge in [0.1, 0.15) is 0 Å². The molecule has 136 valence electrons. The molecule has 0 aliphatic rings. The summed E-state index contributed by atoms with van der Waals surface area (Å²) in [5, 5.41) is 6.66. The summed E-state index contributed by atoms with van der Waals surface area (Å²) in [7, 11) is 3.61. The molecule has 2 N–H and O–H groups in total. The molecule has 0 aromatic heterocycles. The van der Waals surface area contributed by atoms with Gasteiger partial charge in [0.15, 0.2) is 5.96 Å². The zero-order valence-corrected chi connectivity index (χ0v) is 18.1. The number of carbonyl (C=O) groups is 1. The fourth-order valence-corrected chi connectivity index (χ4v) is 2.35. The van der Waals surface area contributed by atoms with Crippen LogP contribution in [0.5, 0.6) is 0 Å². The smallest absolute Gasteiger partial charge is 0.227 e. The van der Waals surface area contributed by atoms with Crippen LogP contribution in [-0.4, -0.2) is 44.0 Å². The first kappa shape index (κ1) is 23.0. The Morgan fingerprint density at radius 2 is 2.04 bits per heavy atom. The monoisotopic (exact) mass is 466 g/mol. The number of rotatable bonds is 6. The topological polar surface area (TPSA) is 56.7 Å². The van der Waals surface area contributed by atoms with E-state index in [1.165, 1.54) is 0 Å². The van der Waals surface area contributed by atoms with Gasteiger partial charge in [-0.3, -0.25) is 9.79 Å². The molecule has 7 heteroatoms. The van der Waals surface area contributed by atoms with Crippen molar-refractivity contribution in [3.05, 3.63) is 34.9 Å². The molecule has 0 atom stereocenters. The van der Waals surface area contributed by atoms with Crippen molar-refractivity contribution in [3.63, 3.8) is 0 Å². The van der Waals surface area contributed by atoms with E-state index in [9.17, 15) is 4.79 Å². The highest BCUT2D eigenvalue weighted by Gasteiger charge is 2.26. The van der Waals surface area contributed by atoms with E-state index in [4.69, 9.17) is 11.6 Å². The number of halogens is 2. The van der Waals surface area contributed by atoms with Crippen molar-refractivity contribution in [1.29, 1.82) is 0 Å². The molecular weight excluding hydrogens is 439 g/mol. The molecule has 1 amide bonds. The Balaban J connectivity index is 0.00000529. The highest BCUT2D eigenvalue weighted by molar-refractivity contribution is 14.0. The minimum absolute atomic E-state index is 0. The molecule has 0 fully saturated rings. The average molecular weight is 467 g/mol. The number of amides is 1. The van der Waals surface area contributed by atoms with Crippen molar-refractivity contribution >= 4 is 47.4 Å². The molecule has 0 unspecified atom stereocenters. The van der Waals surface area contributed by atoms with Gasteiger partial charge in [-0.05, 0) is 38.5 Å². The van der Waals surface area contributed by atoms with E-state index < -0.39 is 5.41 Å². The summed E-state index contributed by atoms with van der Waals surface area (Å²) in [5.41, 5.74) is 0.558. The molecule has 1 aromatic carbocycles. The molecule has 0 spiro atoms. The summed E-state index contributed by atoms with van der Waals surface area (Å²) in [6.45, 7) is 7.65. The molecule has 5 nitrogen and oxygen atoms in total. The average Bonchev–Trinajstić information content (AvgIpc) is 2.50. The van der Waals surface area contributed by atoms with Crippen molar-refractivity contribution in [2.45, 2.75) is 27.3 Å². The zero-order chi connectivity index (χ0) is 17.5. The van der Waals surface area contributed by atoms with E-state index in [1.54, 1.807) is 7.05 Å². The SMILES string of the molecule is CCNC(=NCC(C)(C)C(=O)NC)N(C)Cc1cccc(Cl)c1.I. The van der Waals surface area contributed by atoms with Gasteiger partial charge in [-0.2, -0.15) is 0 Å². The third-order valence-corrected chi connectivity index (χ3v) is 3.71. The van der Waals surface area contributed by atoms with Crippen molar-refractivity contribution < 1.29 is 4.79 Å². The normalized spacial score (nSPS) is 11.5. The van der Waals surface area contributed by atoms with Crippen LogP contribution in [0.3, 0.4) is 0 Å². The summed E-state index contributed by atoms with van der Waals surface area (Å²) in [5.74, 6) is 0.749. The minimum atomic E-state index is -0.549. The number of hydrogen-bond donors (Lipinski definition) is 2. The van der Waals surface area contributed by atoms with Gasteiger partial charge in [0.05, 0.1) is 12.0 Å². The summed E-state index contributed by atoms with van der Waals surface area (Å²) < 4.78 is 0. The molecule has 0 saturated carbocycles. The zero-order valence-electron chi connectivity index (χ0n) is 15.0. The number of nitrogens with one attached hydrogen (secondary N) is 2. The summed E-state index contributed by atoms with van der Waals surface area (Å²) >= 11 is 6.03. The van der Waals surface area contributed by atoms with E-state index in [-0.39, 0.29) is 29.9 Å². The van der Waals surface area contributed by atoms with Crippen molar-refractivity contribution in [2.24, 2.45) is 10.4 Å². The van der Waals surface area contributed by atoms with Crippen LogP contribution >= 0.6 is 35.6 Å². The van der Waals surface area contributed by atoms with Gasteiger partial charge in [0.2, 0.25) is 5.91 Å². The van der Waals surface area contributed by atoms with Crippen molar-refractivity contribution in [3.8, 4) is 0 Å². The molecule has 0 saturated heterocycles. The lowest BCUT2D eigenvalue weighted by molar-refractivity contribution is -0.128. The Hall–Kier alpha value is -1.02. The lowest BCUT2D eigenvalue weighted by Gasteiger charge is -2.25. The summed E-state index contributed by atoms with van der Waals surface area (Å²) in [6.07, 6.45) is 0. The quantitative estimate of drug-likeness (QED) is 0.385. The van der Waals surface area contributed by atoms with Crippen LogP contribution in [0.25, 0.3) is 0 Å². The highest BCUT2D eigenvalue weighted by Crippen LogP contribution is 2.16. The van der Waals surface area contributed by atoms with Crippen molar-refractivity contribution in [2.75, 3.05) is 27.2 Å². The minimum Gasteiger partial charge on any atom is -0.359 e. The molecule has 1 rings (SSSR count). The highest BCUT2D eigenvalue weighted by atomic mass is 127. The number of benzene rings is 1. The van der Waals surface area contributed by atoms with Crippen LogP contribution in [0.15, 0.2) is 29.3 Å². The number of guanidine groups is 1. The van der Waals surface area contributed by atoms with Gasteiger partial charge in [-0.25, -0.2) is 0 Å². The van der Waals surface area contributed by atoms with Gasteiger partial charge in [-0.15, -0.1) is 24.0 Å². The first-order chi connectivity index (χ1) is 10.8. The maximum atomic E-state index is 11.9. The largest absolute Gasteiger partial charge is 0.359 e. The van der Waals surface area contributed by atoms with Gasteiger partial charge in [-0.1, -0.05) is 23.7 Å². The first-order valence-electron chi connectivity index (χ1n) is 7.76. The number of carbonyl (C=O) groups excluding carboxylic acids is 1. The van der Waals surface area contributed by atoms with Crippen molar-refractivity contribution in [1.82, 2.24) is 15.5 Å². The number of hydrogen-bond acceptors (Lipinski definition) is 2. The van der Waals surface area contributed by atoms with E-state index in [0.717, 1.165) is 23.1 Å². The van der Waals surface area contributed by atoms with Gasteiger partial charge in [0.25, 0.3) is 0 Å². The molecule has 24 heavy (non-hydrogen) atoms. The van der Waals surface area contributed by atoms with Gasteiger partial charge >= 0.3 is 0 Å². The third-order valence-electron chi connectivity index (χ3n) is 3.47. The fourth-order valence-electron chi connectivity index (χ4n) is 2.14. The predicted octanol–water partition coefficient (Wildman–Crippen LogP) is 3.13. The van der Waals surface area contributed by atoms with Crippen LogP contribution in [0, 0.1) is 5.41 Å². The summed E-state index contributed by atoms with van der Waals surface area (Å²) in [4.78, 5) is 18.5. The second-order valence-electron chi connectivity index (χ2n) is 6.12. The van der Waals surface area contributed by atoms with Crippen LogP contribution in [0.2, 0.25) is 5.02 Å². The van der Waals surface area contributed by atoms with Crippen LogP contribution in [-0.2, 0) is 11.3 Å². The number of aliphatic imine (C=N–C) groups is 1. The number of nitrogens with zero attached hydrogens (tertiary/aromatic N) is 2. The maximum Gasteiger partial charge on any atom is 0.227 e. The standard InChI is InChI=1S/C17H27ClN4O.HI/c1-6-20-16(21-12-17(2,3)15(23)19-4)22(5)11-13-8-7-9-14(18)10-13;/h7-10H,6,11-12H2,1-5H3,(H,19,23)(H,20,21);1H. The molecule has 0 radical (unpaired) electrons. The predicted molar refractivity (Wildman–Crippen MR) is 112 cm³/mol. The van der Waals surface area contributed by atoms with E-state index >= 15 is 0 Å². The Labute approximate surface area is 167 Å². The second-order valence-corrected chi connectivity index (χ2v) is 6.56. The van der Waals surface area contributed by atoms with Gasteiger partial charge in [0, 0.05) is 32.2 Å².